The molecule has 7 heteroatoms. The molecule has 3 aromatic rings. The predicted octanol–water partition coefficient (Wildman–Crippen LogP) is 2.75. The summed E-state index contributed by atoms with van der Waals surface area (Å²) in [5.74, 6) is 0.740. The lowest BCUT2D eigenvalue weighted by atomic mass is 10.2. The smallest absolute Gasteiger partial charge is 0.315 e. The maximum Gasteiger partial charge on any atom is 0.315 e. The summed E-state index contributed by atoms with van der Waals surface area (Å²) in [7, 11) is 1.60. The Kier molecular flexibility index (Phi) is 5.37. The third kappa shape index (κ3) is 4.18. The minimum absolute atomic E-state index is 0.000669. The highest BCUT2D eigenvalue weighted by Gasteiger charge is 2.31. The Morgan fingerprint density at radius 2 is 1.93 bits per heavy atom. The number of ether oxygens (including phenoxy) is 1. The van der Waals surface area contributed by atoms with Crippen LogP contribution in [0.4, 0.5) is 10.5 Å². The maximum atomic E-state index is 12.3. The second-order valence-corrected chi connectivity index (χ2v) is 7.07. The van der Waals surface area contributed by atoms with Crippen molar-refractivity contribution in [1.82, 2.24) is 15.2 Å². The van der Waals surface area contributed by atoms with Crippen LogP contribution in [0.25, 0.3) is 10.9 Å². The van der Waals surface area contributed by atoms with E-state index >= 15 is 0 Å². The average Bonchev–Trinajstić information content (AvgIpc) is 3.31. The van der Waals surface area contributed by atoms with Gasteiger partial charge in [-0.2, -0.15) is 0 Å². The van der Waals surface area contributed by atoms with Crippen LogP contribution in [-0.2, 0) is 11.3 Å². The number of hydrogen-bond acceptors (Lipinski definition) is 3. The maximum absolute atomic E-state index is 12.3. The number of nitrogens with one attached hydrogen (secondary N) is 2. The summed E-state index contributed by atoms with van der Waals surface area (Å²) < 4.78 is 7.26. The second kappa shape index (κ2) is 8.26. The number of urea groups is 1. The number of para-hydroxylation sites is 1. The van der Waals surface area contributed by atoms with E-state index in [1.807, 2.05) is 42.6 Å². The molecule has 1 aromatic heterocycles. The fraction of sp³-hybridized carbons (Fsp3) is 0.273. The number of carbonyl (C=O) groups excluding carboxylic acids is 2. The first kappa shape index (κ1) is 18.9. The number of benzene rings is 2. The van der Waals surface area contributed by atoms with Crippen LogP contribution < -0.4 is 20.3 Å². The molecule has 2 N–H and O–H groups in total. The number of carbonyl (C=O) groups is 2. The summed E-state index contributed by atoms with van der Waals surface area (Å²) in [5, 5.41) is 6.96. The number of rotatable bonds is 6. The van der Waals surface area contributed by atoms with E-state index < -0.39 is 0 Å². The third-order valence-corrected chi connectivity index (χ3v) is 5.16. The van der Waals surface area contributed by atoms with Crippen LogP contribution in [0.2, 0.25) is 0 Å². The molecule has 1 aliphatic rings. The van der Waals surface area contributed by atoms with Gasteiger partial charge in [-0.25, -0.2) is 4.79 Å². The van der Waals surface area contributed by atoms with Crippen molar-refractivity contribution in [2.45, 2.75) is 19.0 Å². The van der Waals surface area contributed by atoms with Gasteiger partial charge in [-0.3, -0.25) is 4.79 Å². The summed E-state index contributed by atoms with van der Waals surface area (Å²) >= 11 is 0. The van der Waals surface area contributed by atoms with E-state index in [1.165, 1.54) is 5.39 Å². The lowest BCUT2D eigenvalue weighted by molar-refractivity contribution is -0.117. The van der Waals surface area contributed by atoms with E-state index in [4.69, 9.17) is 4.74 Å². The Morgan fingerprint density at radius 1 is 1.14 bits per heavy atom. The molecule has 0 aliphatic carbocycles. The van der Waals surface area contributed by atoms with Crippen molar-refractivity contribution in [3.8, 4) is 5.75 Å². The van der Waals surface area contributed by atoms with E-state index in [1.54, 1.807) is 12.0 Å². The molecule has 0 saturated carbocycles. The van der Waals surface area contributed by atoms with Gasteiger partial charge in [-0.1, -0.05) is 18.2 Å². The van der Waals surface area contributed by atoms with Crippen molar-refractivity contribution < 1.29 is 14.3 Å². The van der Waals surface area contributed by atoms with Gasteiger partial charge in [0, 0.05) is 43.5 Å². The standard InChI is InChI=1S/C22H24N4O3/c1-29-19-8-6-18(7-9-19)26-15-17(14-21(26)27)24-22(28)23-11-13-25-12-10-16-4-2-3-5-20(16)25/h2-10,12,17H,11,13-15H2,1H3,(H2,23,24,28)/t17-/m1/s1. The first-order valence-electron chi connectivity index (χ1n) is 9.67. The van der Waals surface area contributed by atoms with Gasteiger partial charge in [0.05, 0.1) is 13.2 Å². The molecule has 1 saturated heterocycles. The molecule has 29 heavy (non-hydrogen) atoms. The Morgan fingerprint density at radius 3 is 2.72 bits per heavy atom. The molecule has 2 aromatic carbocycles. The molecule has 0 unspecified atom stereocenters. The SMILES string of the molecule is COc1ccc(N2C[C@H](NC(=O)NCCn3ccc4ccccc43)CC2=O)cc1. The van der Waals surface area contributed by atoms with Gasteiger partial charge in [0.1, 0.15) is 5.75 Å². The molecule has 1 aliphatic heterocycles. The molecule has 1 fully saturated rings. The van der Waals surface area contributed by atoms with Crippen LogP contribution in [0.5, 0.6) is 5.75 Å². The highest BCUT2D eigenvalue weighted by Crippen LogP contribution is 2.24. The van der Waals surface area contributed by atoms with Gasteiger partial charge in [-0.15, -0.1) is 0 Å². The van der Waals surface area contributed by atoms with Crippen LogP contribution in [0, 0.1) is 0 Å². The quantitative estimate of drug-likeness (QED) is 0.677. The van der Waals surface area contributed by atoms with Crippen LogP contribution in [0.3, 0.4) is 0 Å². The zero-order valence-electron chi connectivity index (χ0n) is 16.3. The average molecular weight is 392 g/mol. The van der Waals surface area contributed by atoms with Crippen molar-refractivity contribution in [3.05, 3.63) is 60.8 Å². The number of fused-ring (bicyclic) bond motifs is 1. The molecule has 150 valence electrons. The normalized spacial score (nSPS) is 16.2. The zero-order valence-corrected chi connectivity index (χ0v) is 16.3. The van der Waals surface area contributed by atoms with Crippen molar-refractivity contribution in [2.75, 3.05) is 25.1 Å². The largest absolute Gasteiger partial charge is 0.497 e. The summed E-state index contributed by atoms with van der Waals surface area (Å²) in [4.78, 5) is 26.3. The number of anilines is 1. The van der Waals surface area contributed by atoms with Crippen molar-refractivity contribution in [2.24, 2.45) is 0 Å². The van der Waals surface area contributed by atoms with Gasteiger partial charge >= 0.3 is 6.03 Å². The molecule has 2 heterocycles. The zero-order chi connectivity index (χ0) is 20.2. The number of nitrogens with zero attached hydrogens (tertiary/aromatic N) is 2. The summed E-state index contributed by atoms with van der Waals surface area (Å²) in [6, 6.07) is 17.1. The molecular weight excluding hydrogens is 368 g/mol. The number of amides is 3. The van der Waals surface area contributed by atoms with Crippen LogP contribution >= 0.6 is 0 Å². The van der Waals surface area contributed by atoms with Gasteiger partial charge in [0.15, 0.2) is 0 Å². The van der Waals surface area contributed by atoms with Crippen LogP contribution in [-0.4, -0.2) is 42.7 Å². The lowest BCUT2D eigenvalue weighted by Gasteiger charge is -2.18. The van der Waals surface area contributed by atoms with Gasteiger partial charge in [0.25, 0.3) is 0 Å². The number of hydrogen-bond donors (Lipinski definition) is 2. The van der Waals surface area contributed by atoms with Crippen molar-refractivity contribution in [3.63, 3.8) is 0 Å². The van der Waals surface area contributed by atoms with E-state index in [2.05, 4.69) is 33.4 Å². The predicted molar refractivity (Wildman–Crippen MR) is 112 cm³/mol. The first-order valence-corrected chi connectivity index (χ1v) is 9.67. The fourth-order valence-corrected chi connectivity index (χ4v) is 3.68. The highest BCUT2D eigenvalue weighted by atomic mass is 16.5. The molecule has 7 nitrogen and oxygen atoms in total. The minimum atomic E-state index is -0.254. The molecule has 4 rings (SSSR count). The summed E-state index contributed by atoms with van der Waals surface area (Å²) in [6.07, 6.45) is 2.31. The summed E-state index contributed by atoms with van der Waals surface area (Å²) in [6.45, 7) is 1.65. The van der Waals surface area contributed by atoms with E-state index in [0.29, 0.717) is 26.1 Å². The summed E-state index contributed by atoms with van der Waals surface area (Å²) in [5.41, 5.74) is 1.95. The third-order valence-electron chi connectivity index (χ3n) is 5.16. The van der Waals surface area contributed by atoms with Crippen LogP contribution in [0.15, 0.2) is 60.8 Å². The first-order chi connectivity index (χ1) is 14.1. The van der Waals surface area contributed by atoms with Gasteiger partial charge in [-0.05, 0) is 41.8 Å². The number of aromatic nitrogens is 1. The molecular formula is C22H24N4O3. The Balaban J connectivity index is 1.27. The molecule has 3 amide bonds. The second-order valence-electron chi connectivity index (χ2n) is 7.07. The van der Waals surface area contributed by atoms with Gasteiger partial charge < -0.3 is 24.8 Å². The Bertz CT molecular complexity index is 1010. The molecule has 0 radical (unpaired) electrons. The fourth-order valence-electron chi connectivity index (χ4n) is 3.68. The molecule has 0 bridgehead atoms. The highest BCUT2D eigenvalue weighted by molar-refractivity contribution is 5.96. The van der Waals surface area contributed by atoms with Crippen LogP contribution in [0.1, 0.15) is 6.42 Å². The molecule has 1 atom stereocenters. The van der Waals surface area contributed by atoms with Crippen molar-refractivity contribution in [1.29, 1.82) is 0 Å². The van der Waals surface area contributed by atoms with E-state index in [-0.39, 0.29) is 18.0 Å². The lowest BCUT2D eigenvalue weighted by Crippen LogP contribution is -2.44. The molecule has 0 spiro atoms. The Hall–Kier alpha value is -3.48. The Labute approximate surface area is 169 Å². The van der Waals surface area contributed by atoms with E-state index in [9.17, 15) is 9.59 Å². The monoisotopic (exact) mass is 392 g/mol. The van der Waals surface area contributed by atoms with Gasteiger partial charge in [0.2, 0.25) is 5.91 Å². The van der Waals surface area contributed by atoms with E-state index in [0.717, 1.165) is 17.0 Å². The number of methoxy groups -OCH3 is 1. The topological polar surface area (TPSA) is 75.6 Å². The minimum Gasteiger partial charge on any atom is -0.497 e. The van der Waals surface area contributed by atoms with Crippen molar-refractivity contribution >= 4 is 28.5 Å².